The van der Waals surface area contributed by atoms with Gasteiger partial charge in [-0.25, -0.2) is 0 Å². The molecule has 0 aliphatic carbocycles. The monoisotopic (exact) mass is 409 g/mol. The molecule has 1 unspecified atom stereocenters. The van der Waals surface area contributed by atoms with E-state index in [1.54, 1.807) is 12.1 Å². The van der Waals surface area contributed by atoms with Crippen molar-refractivity contribution in [2.45, 2.75) is 20.4 Å². The number of nitrogens with one attached hydrogen (secondary N) is 3. The standard InChI is InChI=1S/C19H25ClN4O2S/c1-4-24(5-2)15-8-6-14(7-9-15)19(26)22-21-18(25)13-23(3)12-16-10-11-17(20)27-16/h6-11H,4-5,12-13H2,1-3H3,(H,21,25)(H,22,26)/p+1. The highest BCUT2D eigenvalue weighted by Gasteiger charge is 2.13. The van der Waals surface area contributed by atoms with E-state index in [4.69, 9.17) is 11.6 Å². The van der Waals surface area contributed by atoms with Crippen molar-refractivity contribution in [3.8, 4) is 0 Å². The lowest BCUT2D eigenvalue weighted by atomic mass is 10.2. The Hall–Kier alpha value is -2.09. The van der Waals surface area contributed by atoms with Crippen molar-refractivity contribution in [2.24, 2.45) is 0 Å². The van der Waals surface area contributed by atoms with Crippen LogP contribution in [0.4, 0.5) is 5.69 Å². The van der Waals surface area contributed by atoms with Gasteiger partial charge in [-0.05, 0) is 50.2 Å². The fourth-order valence-electron chi connectivity index (χ4n) is 2.74. The molecule has 2 aromatic rings. The maximum absolute atomic E-state index is 12.2. The second kappa shape index (κ2) is 10.3. The molecule has 8 heteroatoms. The molecule has 1 aromatic heterocycles. The van der Waals surface area contributed by atoms with E-state index in [0.717, 1.165) is 32.9 Å². The van der Waals surface area contributed by atoms with Gasteiger partial charge in [0.25, 0.3) is 11.8 Å². The number of likely N-dealkylation sites (N-methyl/N-ethyl adjacent to an activating group) is 1. The highest BCUT2D eigenvalue weighted by molar-refractivity contribution is 7.16. The molecule has 0 aliphatic rings. The molecule has 0 aliphatic heterocycles. The number of carbonyl (C=O) groups is 2. The van der Waals surface area contributed by atoms with Gasteiger partial charge in [-0.2, -0.15) is 0 Å². The van der Waals surface area contributed by atoms with E-state index in [9.17, 15) is 9.59 Å². The largest absolute Gasteiger partial charge is 0.372 e. The lowest BCUT2D eigenvalue weighted by Crippen LogP contribution is -3.09. The Bertz CT molecular complexity index is 759. The molecular formula is C19H26ClN4O2S+. The average Bonchev–Trinajstić information content (AvgIpc) is 3.05. The highest BCUT2D eigenvalue weighted by atomic mass is 35.5. The van der Waals surface area contributed by atoms with Crippen LogP contribution in [-0.4, -0.2) is 38.5 Å². The lowest BCUT2D eigenvalue weighted by molar-refractivity contribution is -0.885. The Kier molecular flexibility index (Phi) is 8.09. The number of hydrogen-bond donors (Lipinski definition) is 3. The number of halogens is 1. The van der Waals surface area contributed by atoms with Crippen LogP contribution in [0.3, 0.4) is 0 Å². The first-order valence-corrected chi connectivity index (χ1v) is 10.1. The van der Waals surface area contributed by atoms with Crippen LogP contribution in [0.25, 0.3) is 0 Å². The third-order valence-corrected chi connectivity index (χ3v) is 5.37. The first-order valence-electron chi connectivity index (χ1n) is 8.92. The second-order valence-corrected chi connectivity index (χ2v) is 8.04. The van der Waals surface area contributed by atoms with Crippen LogP contribution < -0.4 is 20.7 Å². The van der Waals surface area contributed by atoms with E-state index < -0.39 is 0 Å². The Morgan fingerprint density at radius 1 is 1.07 bits per heavy atom. The van der Waals surface area contributed by atoms with Crippen LogP contribution in [0, 0.1) is 0 Å². The highest BCUT2D eigenvalue weighted by Crippen LogP contribution is 2.20. The third-order valence-electron chi connectivity index (χ3n) is 4.14. The van der Waals surface area contributed by atoms with Crippen molar-refractivity contribution in [1.29, 1.82) is 0 Å². The van der Waals surface area contributed by atoms with Crippen LogP contribution in [-0.2, 0) is 11.3 Å². The first kappa shape index (κ1) is 21.2. The molecule has 0 saturated carbocycles. The molecule has 0 fully saturated rings. The number of carbonyl (C=O) groups excluding carboxylic acids is 2. The van der Waals surface area contributed by atoms with Crippen molar-refractivity contribution < 1.29 is 14.5 Å². The number of hydrogen-bond acceptors (Lipinski definition) is 4. The third kappa shape index (κ3) is 6.53. The van der Waals surface area contributed by atoms with Crippen molar-refractivity contribution in [1.82, 2.24) is 10.9 Å². The summed E-state index contributed by atoms with van der Waals surface area (Å²) in [6.07, 6.45) is 0. The molecule has 2 rings (SSSR count). The molecule has 3 N–H and O–H groups in total. The summed E-state index contributed by atoms with van der Waals surface area (Å²) in [4.78, 5) is 28.5. The minimum Gasteiger partial charge on any atom is -0.372 e. The van der Waals surface area contributed by atoms with E-state index in [1.165, 1.54) is 11.3 Å². The molecular weight excluding hydrogens is 384 g/mol. The number of rotatable bonds is 8. The van der Waals surface area contributed by atoms with E-state index in [0.29, 0.717) is 12.1 Å². The smallest absolute Gasteiger partial charge is 0.293 e. The predicted octanol–water partition coefficient (Wildman–Crippen LogP) is 1.72. The molecule has 0 spiro atoms. The zero-order chi connectivity index (χ0) is 19.8. The molecule has 146 valence electrons. The number of quaternary nitrogens is 1. The van der Waals surface area contributed by atoms with Crippen LogP contribution in [0.2, 0.25) is 4.34 Å². The summed E-state index contributed by atoms with van der Waals surface area (Å²) in [7, 11) is 1.92. The minimum atomic E-state index is -0.336. The van der Waals surface area contributed by atoms with Crippen LogP contribution in [0.15, 0.2) is 36.4 Å². The Labute approximate surface area is 169 Å². The Balaban J connectivity index is 1.79. The van der Waals surface area contributed by atoms with Crippen molar-refractivity contribution in [3.63, 3.8) is 0 Å². The van der Waals surface area contributed by atoms with E-state index in [1.807, 2.05) is 31.3 Å². The fourth-order valence-corrected chi connectivity index (χ4v) is 3.94. The Morgan fingerprint density at radius 3 is 2.30 bits per heavy atom. The fraction of sp³-hybridized carbons (Fsp3) is 0.368. The van der Waals surface area contributed by atoms with Gasteiger partial charge in [0.15, 0.2) is 6.54 Å². The summed E-state index contributed by atoms with van der Waals surface area (Å²) in [5, 5.41) is 0. The molecule has 2 amide bonds. The summed E-state index contributed by atoms with van der Waals surface area (Å²) < 4.78 is 0.738. The normalized spacial score (nSPS) is 11.7. The maximum atomic E-state index is 12.2. The van der Waals surface area contributed by atoms with Gasteiger partial charge >= 0.3 is 0 Å². The van der Waals surface area contributed by atoms with Gasteiger partial charge in [-0.3, -0.25) is 20.4 Å². The molecule has 1 aromatic carbocycles. The number of amides is 2. The number of anilines is 1. The zero-order valence-corrected chi connectivity index (χ0v) is 17.4. The van der Waals surface area contributed by atoms with Gasteiger partial charge in [0, 0.05) is 24.3 Å². The van der Waals surface area contributed by atoms with E-state index in [-0.39, 0.29) is 18.4 Å². The molecule has 27 heavy (non-hydrogen) atoms. The van der Waals surface area contributed by atoms with Crippen molar-refractivity contribution in [3.05, 3.63) is 51.2 Å². The maximum Gasteiger partial charge on any atom is 0.293 e. The molecule has 0 bridgehead atoms. The van der Waals surface area contributed by atoms with Crippen LogP contribution in [0.5, 0.6) is 0 Å². The van der Waals surface area contributed by atoms with Crippen molar-refractivity contribution in [2.75, 3.05) is 31.6 Å². The summed E-state index contributed by atoms with van der Waals surface area (Å²) in [6.45, 7) is 6.94. The second-order valence-electron chi connectivity index (χ2n) is 6.24. The molecule has 0 saturated heterocycles. The topological polar surface area (TPSA) is 65.9 Å². The summed E-state index contributed by atoms with van der Waals surface area (Å²) in [5.74, 6) is -0.583. The SMILES string of the molecule is CCN(CC)c1ccc(C(=O)NNC(=O)C[NH+](C)Cc2ccc(Cl)s2)cc1. The van der Waals surface area contributed by atoms with Gasteiger partial charge in [0.05, 0.1) is 16.3 Å². The molecule has 6 nitrogen and oxygen atoms in total. The first-order chi connectivity index (χ1) is 12.9. The average molecular weight is 410 g/mol. The Morgan fingerprint density at radius 2 is 1.74 bits per heavy atom. The zero-order valence-electron chi connectivity index (χ0n) is 15.8. The minimum absolute atomic E-state index is 0.247. The van der Waals surface area contributed by atoms with E-state index >= 15 is 0 Å². The van der Waals surface area contributed by atoms with Gasteiger partial charge in [0.2, 0.25) is 0 Å². The number of nitrogens with zero attached hydrogens (tertiary/aromatic N) is 1. The number of benzene rings is 1. The van der Waals surface area contributed by atoms with Crippen molar-refractivity contribution >= 4 is 40.4 Å². The quantitative estimate of drug-likeness (QED) is 0.582. The van der Waals surface area contributed by atoms with Gasteiger partial charge in [0.1, 0.15) is 6.54 Å². The molecule has 1 heterocycles. The lowest BCUT2D eigenvalue weighted by Gasteiger charge is -2.21. The number of thiophene rings is 1. The molecule has 1 atom stereocenters. The van der Waals surface area contributed by atoms with Gasteiger partial charge in [-0.1, -0.05) is 11.6 Å². The molecule has 0 radical (unpaired) electrons. The van der Waals surface area contributed by atoms with E-state index in [2.05, 4.69) is 29.6 Å². The summed E-state index contributed by atoms with van der Waals surface area (Å²) in [6, 6.07) is 11.1. The number of hydrazine groups is 1. The summed E-state index contributed by atoms with van der Waals surface area (Å²) >= 11 is 7.42. The van der Waals surface area contributed by atoms with Crippen LogP contribution in [0.1, 0.15) is 29.1 Å². The van der Waals surface area contributed by atoms with Gasteiger partial charge in [-0.15, -0.1) is 11.3 Å². The van der Waals surface area contributed by atoms with Gasteiger partial charge < -0.3 is 9.80 Å². The predicted molar refractivity (Wildman–Crippen MR) is 110 cm³/mol. The summed E-state index contributed by atoms with van der Waals surface area (Å²) in [5.41, 5.74) is 6.50. The van der Waals surface area contributed by atoms with Crippen LogP contribution >= 0.6 is 22.9 Å².